The molecule has 0 saturated carbocycles. The van der Waals surface area contributed by atoms with Crippen molar-refractivity contribution in [3.8, 4) is 0 Å². The summed E-state index contributed by atoms with van der Waals surface area (Å²) in [6, 6.07) is 2.39. The summed E-state index contributed by atoms with van der Waals surface area (Å²) in [6.07, 6.45) is 1.39. The van der Waals surface area contributed by atoms with Crippen molar-refractivity contribution in [2.75, 3.05) is 25.6 Å². The van der Waals surface area contributed by atoms with Gasteiger partial charge in [-0.15, -0.1) is 0 Å². The van der Waals surface area contributed by atoms with Gasteiger partial charge in [-0.2, -0.15) is 0 Å². The summed E-state index contributed by atoms with van der Waals surface area (Å²) in [5, 5.41) is 14.1. The molecule has 0 bridgehead atoms. The number of pyridine rings is 1. The lowest BCUT2D eigenvalue weighted by Gasteiger charge is -2.10. The summed E-state index contributed by atoms with van der Waals surface area (Å²) in [5.74, 6) is -0.811. The zero-order valence-corrected chi connectivity index (χ0v) is 10.8. The molecule has 7 heteroatoms. The standard InChI is InChI=1S/C12H17N3O4/c1-8(12(17)18)15-10-4-3-9(7-14-10)11(16)13-5-6-19-2/h3-4,7-8H,5-6H2,1-2H3,(H,13,16)(H,14,15)(H,17,18)/t8-/m1/s1. The predicted octanol–water partition coefficient (Wildman–Crippen LogP) is 0.343. The normalized spacial score (nSPS) is 11.7. The summed E-state index contributed by atoms with van der Waals surface area (Å²) < 4.78 is 4.82. The number of methoxy groups -OCH3 is 1. The number of aromatic nitrogens is 1. The van der Waals surface area contributed by atoms with Crippen LogP contribution in [0.3, 0.4) is 0 Å². The number of ether oxygens (including phenoxy) is 1. The number of nitrogens with one attached hydrogen (secondary N) is 2. The van der Waals surface area contributed by atoms with E-state index in [9.17, 15) is 9.59 Å². The molecule has 7 nitrogen and oxygen atoms in total. The number of rotatable bonds is 7. The van der Waals surface area contributed by atoms with Crippen LogP contribution in [0, 0.1) is 0 Å². The van der Waals surface area contributed by atoms with Crippen molar-refractivity contribution in [1.82, 2.24) is 10.3 Å². The minimum absolute atomic E-state index is 0.248. The van der Waals surface area contributed by atoms with Crippen LogP contribution in [0.2, 0.25) is 0 Å². The molecule has 0 aromatic carbocycles. The molecule has 0 fully saturated rings. The Balaban J connectivity index is 2.56. The number of carboxylic acids is 1. The van der Waals surface area contributed by atoms with Crippen molar-refractivity contribution < 1.29 is 19.4 Å². The molecule has 0 aliphatic rings. The molecule has 1 rings (SSSR count). The number of amides is 1. The fourth-order valence-electron chi connectivity index (χ4n) is 1.27. The summed E-state index contributed by atoms with van der Waals surface area (Å²) in [7, 11) is 1.55. The van der Waals surface area contributed by atoms with Crippen LogP contribution >= 0.6 is 0 Å². The molecule has 0 spiro atoms. The highest BCUT2D eigenvalue weighted by Crippen LogP contribution is 2.06. The lowest BCUT2D eigenvalue weighted by Crippen LogP contribution is -2.27. The Morgan fingerprint density at radius 1 is 1.47 bits per heavy atom. The van der Waals surface area contributed by atoms with E-state index in [-0.39, 0.29) is 5.91 Å². The average Bonchev–Trinajstić information content (AvgIpc) is 2.39. The average molecular weight is 267 g/mol. The molecule has 3 N–H and O–H groups in total. The van der Waals surface area contributed by atoms with E-state index in [1.807, 2.05) is 0 Å². The lowest BCUT2D eigenvalue weighted by molar-refractivity contribution is -0.137. The van der Waals surface area contributed by atoms with Crippen molar-refractivity contribution in [2.24, 2.45) is 0 Å². The summed E-state index contributed by atoms with van der Waals surface area (Å²) in [5.41, 5.74) is 0.407. The molecule has 1 aromatic heterocycles. The van der Waals surface area contributed by atoms with Gasteiger partial charge in [-0.1, -0.05) is 0 Å². The first-order valence-corrected chi connectivity index (χ1v) is 5.77. The third-order valence-electron chi connectivity index (χ3n) is 2.35. The van der Waals surface area contributed by atoms with E-state index in [0.717, 1.165) is 0 Å². The fourth-order valence-corrected chi connectivity index (χ4v) is 1.27. The number of aliphatic carboxylic acids is 1. The largest absolute Gasteiger partial charge is 0.480 e. The van der Waals surface area contributed by atoms with E-state index in [0.29, 0.717) is 24.5 Å². The molecule has 104 valence electrons. The monoisotopic (exact) mass is 267 g/mol. The van der Waals surface area contributed by atoms with E-state index < -0.39 is 12.0 Å². The summed E-state index contributed by atoms with van der Waals surface area (Å²) in [6.45, 7) is 2.37. The van der Waals surface area contributed by atoms with Crippen LogP contribution in [0.25, 0.3) is 0 Å². The second kappa shape index (κ2) is 7.32. The molecule has 0 aliphatic carbocycles. The molecule has 0 unspecified atom stereocenters. The Morgan fingerprint density at radius 3 is 2.74 bits per heavy atom. The van der Waals surface area contributed by atoms with Crippen LogP contribution in [0.15, 0.2) is 18.3 Å². The highest BCUT2D eigenvalue weighted by atomic mass is 16.5. The number of nitrogens with zero attached hydrogens (tertiary/aromatic N) is 1. The molecule has 0 radical (unpaired) electrons. The lowest BCUT2D eigenvalue weighted by atomic mass is 10.2. The molecule has 0 aliphatic heterocycles. The van der Waals surface area contributed by atoms with E-state index in [4.69, 9.17) is 9.84 Å². The maximum atomic E-state index is 11.6. The van der Waals surface area contributed by atoms with Gasteiger partial charge in [-0.3, -0.25) is 9.59 Å². The molecular weight excluding hydrogens is 250 g/mol. The Hall–Kier alpha value is -2.15. The van der Waals surface area contributed by atoms with E-state index in [2.05, 4.69) is 15.6 Å². The van der Waals surface area contributed by atoms with Gasteiger partial charge in [-0.05, 0) is 19.1 Å². The van der Waals surface area contributed by atoms with Crippen molar-refractivity contribution in [1.29, 1.82) is 0 Å². The van der Waals surface area contributed by atoms with Gasteiger partial charge in [0, 0.05) is 19.9 Å². The van der Waals surface area contributed by atoms with Gasteiger partial charge in [0.2, 0.25) is 0 Å². The zero-order valence-electron chi connectivity index (χ0n) is 10.8. The van der Waals surface area contributed by atoms with Crippen molar-refractivity contribution >= 4 is 17.7 Å². The van der Waals surface area contributed by atoms with Gasteiger partial charge in [0.25, 0.3) is 5.91 Å². The Labute approximate surface area is 111 Å². The van der Waals surface area contributed by atoms with Crippen LogP contribution in [-0.4, -0.2) is 48.3 Å². The van der Waals surface area contributed by atoms with E-state index in [1.54, 1.807) is 19.2 Å². The number of carbonyl (C=O) groups excluding carboxylic acids is 1. The molecule has 1 aromatic rings. The molecule has 1 amide bonds. The van der Waals surface area contributed by atoms with Crippen LogP contribution < -0.4 is 10.6 Å². The van der Waals surface area contributed by atoms with Gasteiger partial charge in [0.05, 0.1) is 12.2 Å². The molecule has 1 heterocycles. The van der Waals surface area contributed by atoms with Crippen LogP contribution in [-0.2, 0) is 9.53 Å². The smallest absolute Gasteiger partial charge is 0.325 e. The van der Waals surface area contributed by atoms with Crippen LogP contribution in [0.4, 0.5) is 5.82 Å². The van der Waals surface area contributed by atoms with E-state index in [1.165, 1.54) is 13.1 Å². The quantitative estimate of drug-likeness (QED) is 0.616. The maximum absolute atomic E-state index is 11.6. The Kier molecular flexibility index (Phi) is 5.74. The Morgan fingerprint density at radius 2 is 2.21 bits per heavy atom. The molecule has 19 heavy (non-hydrogen) atoms. The van der Waals surface area contributed by atoms with Crippen LogP contribution in [0.5, 0.6) is 0 Å². The number of hydrogen-bond acceptors (Lipinski definition) is 5. The van der Waals surface area contributed by atoms with Gasteiger partial charge in [0.1, 0.15) is 11.9 Å². The summed E-state index contributed by atoms with van der Waals surface area (Å²) in [4.78, 5) is 26.3. The zero-order chi connectivity index (χ0) is 14.3. The number of anilines is 1. The highest BCUT2D eigenvalue weighted by Gasteiger charge is 2.11. The predicted molar refractivity (Wildman–Crippen MR) is 69.2 cm³/mol. The van der Waals surface area contributed by atoms with E-state index >= 15 is 0 Å². The highest BCUT2D eigenvalue weighted by molar-refractivity contribution is 5.94. The first kappa shape index (κ1) is 14.9. The number of hydrogen-bond donors (Lipinski definition) is 3. The minimum atomic E-state index is -0.969. The van der Waals surface area contributed by atoms with Crippen molar-refractivity contribution in [3.63, 3.8) is 0 Å². The van der Waals surface area contributed by atoms with Gasteiger partial charge in [0.15, 0.2) is 0 Å². The fraction of sp³-hybridized carbons (Fsp3) is 0.417. The third kappa shape index (κ3) is 4.92. The molecule has 0 saturated heterocycles. The maximum Gasteiger partial charge on any atom is 0.325 e. The van der Waals surface area contributed by atoms with Gasteiger partial charge in [-0.25, -0.2) is 4.98 Å². The van der Waals surface area contributed by atoms with Crippen LogP contribution in [0.1, 0.15) is 17.3 Å². The van der Waals surface area contributed by atoms with Crippen molar-refractivity contribution in [2.45, 2.75) is 13.0 Å². The second-order valence-electron chi connectivity index (χ2n) is 3.89. The van der Waals surface area contributed by atoms with Gasteiger partial charge >= 0.3 is 5.97 Å². The minimum Gasteiger partial charge on any atom is -0.480 e. The molecule has 1 atom stereocenters. The number of carbonyl (C=O) groups is 2. The second-order valence-corrected chi connectivity index (χ2v) is 3.89. The summed E-state index contributed by atoms with van der Waals surface area (Å²) >= 11 is 0. The third-order valence-corrected chi connectivity index (χ3v) is 2.35. The van der Waals surface area contributed by atoms with Crippen molar-refractivity contribution in [3.05, 3.63) is 23.9 Å². The topological polar surface area (TPSA) is 101 Å². The number of carboxylic acid groups (broad SMARTS) is 1. The first-order valence-electron chi connectivity index (χ1n) is 5.77. The Bertz CT molecular complexity index is 433. The first-order chi connectivity index (χ1) is 9.04. The SMILES string of the molecule is COCCNC(=O)c1ccc(N[C@H](C)C(=O)O)nc1. The molecular formula is C12H17N3O4. The van der Waals surface area contributed by atoms with Gasteiger partial charge < -0.3 is 20.5 Å².